The molecular formula is C7H9ClN2. The van der Waals surface area contributed by atoms with Crippen LogP contribution in [0.5, 0.6) is 0 Å². The Balaban J connectivity index is 1.89. The van der Waals surface area contributed by atoms with Crippen LogP contribution in [0.25, 0.3) is 0 Å². The summed E-state index contributed by atoms with van der Waals surface area (Å²) in [6.07, 6.45) is 5.24. The van der Waals surface area contributed by atoms with E-state index in [0.717, 1.165) is 5.92 Å². The van der Waals surface area contributed by atoms with Crippen LogP contribution in [-0.2, 0) is 0 Å². The van der Waals surface area contributed by atoms with Crippen LogP contribution in [0.1, 0.15) is 25.7 Å². The molecule has 2 fully saturated rings. The molecular weight excluding hydrogens is 148 g/mol. The van der Waals surface area contributed by atoms with Gasteiger partial charge in [0, 0.05) is 5.41 Å². The highest BCUT2D eigenvalue weighted by atomic mass is 35.5. The fourth-order valence-electron chi connectivity index (χ4n) is 2.00. The predicted molar refractivity (Wildman–Crippen MR) is 37.8 cm³/mol. The maximum absolute atomic E-state index is 6.10. The van der Waals surface area contributed by atoms with Gasteiger partial charge in [0.2, 0.25) is 0 Å². The van der Waals surface area contributed by atoms with Crippen LogP contribution in [0, 0.1) is 11.3 Å². The Morgan fingerprint density at radius 1 is 1.20 bits per heavy atom. The Hall–Kier alpha value is -0.110. The lowest BCUT2D eigenvalue weighted by atomic mass is 9.98. The van der Waals surface area contributed by atoms with Gasteiger partial charge in [0.1, 0.15) is 0 Å². The van der Waals surface area contributed by atoms with Crippen molar-refractivity contribution in [1.82, 2.24) is 0 Å². The lowest BCUT2D eigenvalue weighted by molar-refractivity contribution is 0.386. The molecule has 3 rings (SSSR count). The van der Waals surface area contributed by atoms with Gasteiger partial charge < -0.3 is 0 Å². The van der Waals surface area contributed by atoms with Gasteiger partial charge in [0.05, 0.1) is 0 Å². The normalized spacial score (nSPS) is 37.7. The molecule has 0 unspecified atom stereocenters. The molecule has 54 valence electrons. The summed E-state index contributed by atoms with van der Waals surface area (Å²) in [5.74, 6) is 0.861. The van der Waals surface area contributed by atoms with Crippen molar-refractivity contribution in [3.05, 3.63) is 0 Å². The lowest BCUT2D eigenvalue weighted by Gasteiger charge is -2.14. The molecule has 2 aliphatic carbocycles. The first kappa shape index (κ1) is 5.53. The third-order valence-corrected chi connectivity index (χ3v) is 3.58. The summed E-state index contributed by atoms with van der Waals surface area (Å²) in [7, 11) is 0. The molecule has 1 heterocycles. The van der Waals surface area contributed by atoms with Crippen LogP contribution < -0.4 is 0 Å². The first-order chi connectivity index (χ1) is 4.77. The van der Waals surface area contributed by atoms with E-state index in [-0.39, 0.29) is 0 Å². The highest BCUT2D eigenvalue weighted by molar-refractivity contribution is 6.25. The number of halogens is 1. The van der Waals surface area contributed by atoms with Crippen molar-refractivity contribution < 1.29 is 0 Å². The molecule has 3 aliphatic rings. The summed E-state index contributed by atoms with van der Waals surface area (Å²) >= 11 is 6.10. The molecule has 10 heavy (non-hydrogen) atoms. The predicted octanol–water partition coefficient (Wildman–Crippen LogP) is 2.54. The summed E-state index contributed by atoms with van der Waals surface area (Å²) < 4.78 is 0. The van der Waals surface area contributed by atoms with Crippen molar-refractivity contribution in [3.63, 3.8) is 0 Å². The average molecular weight is 157 g/mol. The summed E-state index contributed by atoms with van der Waals surface area (Å²) in [6.45, 7) is 0. The Labute approximate surface area is 64.7 Å². The summed E-state index contributed by atoms with van der Waals surface area (Å²) in [4.78, 5) is 0. The Morgan fingerprint density at radius 3 is 2.10 bits per heavy atom. The zero-order chi connectivity index (χ0) is 6.82. The molecule has 0 aromatic carbocycles. The standard InChI is InChI=1S/C7H9ClN2/c8-7(9-10-7)6(3-4-6)5-1-2-5/h5H,1-4H2. The van der Waals surface area contributed by atoms with Gasteiger partial charge in [-0.25, -0.2) is 0 Å². The van der Waals surface area contributed by atoms with Gasteiger partial charge in [0.15, 0.2) is 0 Å². The van der Waals surface area contributed by atoms with E-state index < -0.39 is 5.12 Å². The van der Waals surface area contributed by atoms with Crippen molar-refractivity contribution in [2.24, 2.45) is 21.6 Å². The molecule has 0 aromatic rings. The second kappa shape index (κ2) is 1.27. The van der Waals surface area contributed by atoms with E-state index in [1.165, 1.54) is 25.7 Å². The first-order valence-electron chi connectivity index (χ1n) is 3.90. The first-order valence-corrected chi connectivity index (χ1v) is 4.28. The van der Waals surface area contributed by atoms with Gasteiger partial charge in [-0.1, -0.05) is 11.6 Å². The molecule has 0 amide bonds. The molecule has 1 aliphatic heterocycles. The third-order valence-electron chi connectivity index (χ3n) is 3.06. The fraction of sp³-hybridized carbons (Fsp3) is 1.00. The van der Waals surface area contributed by atoms with E-state index >= 15 is 0 Å². The zero-order valence-electron chi connectivity index (χ0n) is 5.68. The second-order valence-electron chi connectivity index (χ2n) is 3.72. The van der Waals surface area contributed by atoms with Gasteiger partial charge in [-0.15, -0.1) is 10.2 Å². The molecule has 3 heteroatoms. The van der Waals surface area contributed by atoms with Crippen molar-refractivity contribution in [1.29, 1.82) is 0 Å². The Bertz CT molecular complexity index is 210. The minimum Gasteiger partial charge on any atom is -0.140 e. The SMILES string of the molecule is ClC1(C2(C3CC3)CC2)N=N1. The number of hydrogen-bond donors (Lipinski definition) is 0. The van der Waals surface area contributed by atoms with E-state index in [9.17, 15) is 0 Å². The highest BCUT2D eigenvalue weighted by Gasteiger charge is 2.70. The number of nitrogens with zero attached hydrogens (tertiary/aromatic N) is 2. The lowest BCUT2D eigenvalue weighted by Crippen LogP contribution is -2.21. The summed E-state index contributed by atoms with van der Waals surface area (Å²) in [5, 5.41) is 7.40. The minimum atomic E-state index is -0.436. The van der Waals surface area contributed by atoms with Crippen molar-refractivity contribution in [2.75, 3.05) is 0 Å². The maximum atomic E-state index is 6.10. The van der Waals surface area contributed by atoms with Crippen LogP contribution in [0.3, 0.4) is 0 Å². The van der Waals surface area contributed by atoms with E-state index in [4.69, 9.17) is 11.6 Å². The van der Waals surface area contributed by atoms with Crippen molar-refractivity contribution in [3.8, 4) is 0 Å². The maximum Gasteiger partial charge on any atom is 0.269 e. The molecule has 0 saturated heterocycles. The van der Waals surface area contributed by atoms with Gasteiger partial charge >= 0.3 is 0 Å². The minimum absolute atomic E-state index is 0.342. The molecule has 2 saturated carbocycles. The van der Waals surface area contributed by atoms with E-state index in [0.29, 0.717) is 5.41 Å². The largest absolute Gasteiger partial charge is 0.269 e. The Morgan fingerprint density at radius 2 is 1.80 bits per heavy atom. The van der Waals surface area contributed by atoms with E-state index in [1.807, 2.05) is 0 Å². The quantitative estimate of drug-likeness (QED) is 0.434. The Kier molecular flexibility index (Phi) is 0.701. The topological polar surface area (TPSA) is 24.7 Å². The summed E-state index contributed by atoms with van der Waals surface area (Å²) in [5.41, 5.74) is 0.342. The van der Waals surface area contributed by atoms with Gasteiger partial charge in [-0.3, -0.25) is 0 Å². The van der Waals surface area contributed by atoms with Crippen LogP contribution >= 0.6 is 11.6 Å². The molecule has 0 atom stereocenters. The summed E-state index contributed by atoms with van der Waals surface area (Å²) in [6, 6.07) is 0. The van der Waals surface area contributed by atoms with Crippen molar-refractivity contribution in [2.45, 2.75) is 30.8 Å². The number of rotatable bonds is 2. The zero-order valence-corrected chi connectivity index (χ0v) is 6.43. The van der Waals surface area contributed by atoms with E-state index in [2.05, 4.69) is 10.2 Å². The van der Waals surface area contributed by atoms with Crippen LogP contribution in [0.4, 0.5) is 0 Å². The van der Waals surface area contributed by atoms with E-state index in [1.54, 1.807) is 0 Å². The molecule has 0 bridgehead atoms. The smallest absolute Gasteiger partial charge is 0.140 e. The van der Waals surface area contributed by atoms with Crippen LogP contribution in [-0.4, -0.2) is 5.12 Å². The molecule has 0 N–H and O–H groups in total. The number of alkyl halides is 1. The van der Waals surface area contributed by atoms with Crippen molar-refractivity contribution >= 4 is 11.6 Å². The van der Waals surface area contributed by atoms with Gasteiger partial charge in [0.25, 0.3) is 5.12 Å². The third kappa shape index (κ3) is 0.482. The highest BCUT2D eigenvalue weighted by Crippen LogP contribution is 2.72. The fourth-order valence-corrected chi connectivity index (χ4v) is 2.38. The average Bonchev–Trinajstić information content (AvgIpc) is 2.70. The number of hydrogen-bond acceptors (Lipinski definition) is 2. The molecule has 0 radical (unpaired) electrons. The monoisotopic (exact) mass is 156 g/mol. The second-order valence-corrected chi connectivity index (χ2v) is 4.24. The van der Waals surface area contributed by atoms with Crippen LogP contribution in [0.2, 0.25) is 0 Å². The van der Waals surface area contributed by atoms with Crippen LogP contribution in [0.15, 0.2) is 10.2 Å². The molecule has 0 aromatic heterocycles. The van der Waals surface area contributed by atoms with Gasteiger partial charge in [-0.2, -0.15) is 0 Å². The molecule has 0 spiro atoms. The molecule has 2 nitrogen and oxygen atoms in total. The van der Waals surface area contributed by atoms with Gasteiger partial charge in [-0.05, 0) is 31.6 Å².